The monoisotopic (exact) mass is 394 g/mol. The van der Waals surface area contributed by atoms with Crippen LogP contribution in [0.5, 0.6) is 11.5 Å². The highest BCUT2D eigenvalue weighted by Gasteiger charge is 2.31. The molecule has 7 heteroatoms. The van der Waals surface area contributed by atoms with Crippen molar-refractivity contribution in [2.24, 2.45) is 0 Å². The summed E-state index contributed by atoms with van der Waals surface area (Å²) in [7, 11) is 0. The van der Waals surface area contributed by atoms with Gasteiger partial charge in [-0.05, 0) is 49.4 Å². The van der Waals surface area contributed by atoms with E-state index < -0.39 is 0 Å². The second-order valence-electron chi connectivity index (χ2n) is 7.67. The van der Waals surface area contributed by atoms with Gasteiger partial charge in [0.1, 0.15) is 32.7 Å². The molecule has 2 aromatic rings. The summed E-state index contributed by atoms with van der Waals surface area (Å²) < 4.78 is 10.8. The van der Waals surface area contributed by atoms with Crippen molar-refractivity contribution in [3.05, 3.63) is 53.6 Å². The maximum absolute atomic E-state index is 12.6. The lowest BCUT2D eigenvalue weighted by molar-refractivity contribution is -1.02. The minimum Gasteiger partial charge on any atom is -0.454 e. The lowest BCUT2D eigenvalue weighted by Gasteiger charge is -2.32. The van der Waals surface area contributed by atoms with Crippen LogP contribution >= 0.6 is 0 Å². The number of carbonyl (C=O) groups is 1. The van der Waals surface area contributed by atoms with E-state index in [4.69, 9.17) is 14.7 Å². The number of nitrogens with zero attached hydrogens (tertiary/aromatic N) is 1. The quantitative estimate of drug-likeness (QED) is 0.645. The van der Waals surface area contributed by atoms with Crippen LogP contribution in [0.4, 0.5) is 5.69 Å². The molecule has 3 N–H and O–H groups in total. The first-order valence-electron chi connectivity index (χ1n) is 10.00. The maximum atomic E-state index is 12.6. The molecule has 0 spiro atoms. The molecule has 2 aliphatic rings. The lowest BCUT2D eigenvalue weighted by Crippen LogP contribution is -3.29. The van der Waals surface area contributed by atoms with Crippen LogP contribution in [0.1, 0.15) is 18.1 Å². The average Bonchev–Trinajstić information content (AvgIpc) is 3.22. The second kappa shape index (κ2) is 8.52. The Morgan fingerprint density at radius 1 is 1.10 bits per heavy atom. The number of quaternary nitrogens is 2. The summed E-state index contributed by atoms with van der Waals surface area (Å²) in [5, 5.41) is 11.8. The highest BCUT2D eigenvalue weighted by atomic mass is 16.7. The van der Waals surface area contributed by atoms with E-state index in [0.29, 0.717) is 12.4 Å². The van der Waals surface area contributed by atoms with E-state index in [2.05, 4.69) is 23.5 Å². The number of piperazine rings is 1. The molecule has 2 aliphatic heterocycles. The number of anilines is 1. The molecule has 1 amide bonds. The largest absolute Gasteiger partial charge is 0.454 e. The Hall–Kier alpha value is -3.08. The lowest BCUT2D eigenvalue weighted by atomic mass is 10.1. The van der Waals surface area contributed by atoms with Crippen molar-refractivity contribution in [3.63, 3.8) is 0 Å². The van der Waals surface area contributed by atoms with Gasteiger partial charge in [-0.2, -0.15) is 5.26 Å². The SMILES string of the molecule is C[C@H](C(=O)Nc1ccc(C#N)cc1)[NH+]1CC[NH+](Cc2ccc3c(c2)OCO3)CC1. The van der Waals surface area contributed by atoms with Crippen LogP contribution in [0.25, 0.3) is 0 Å². The van der Waals surface area contributed by atoms with Gasteiger partial charge in [0.25, 0.3) is 5.91 Å². The number of hydrogen-bond acceptors (Lipinski definition) is 4. The van der Waals surface area contributed by atoms with E-state index in [9.17, 15) is 4.79 Å². The Bertz CT molecular complexity index is 915. The zero-order valence-corrected chi connectivity index (χ0v) is 16.5. The Labute approximate surface area is 170 Å². The predicted molar refractivity (Wildman–Crippen MR) is 107 cm³/mol. The second-order valence-corrected chi connectivity index (χ2v) is 7.67. The number of fused-ring (bicyclic) bond motifs is 1. The third kappa shape index (κ3) is 4.50. The third-order valence-corrected chi connectivity index (χ3v) is 5.78. The number of hydrogen-bond donors (Lipinski definition) is 3. The van der Waals surface area contributed by atoms with E-state index >= 15 is 0 Å². The van der Waals surface area contributed by atoms with Gasteiger partial charge >= 0.3 is 0 Å². The molecule has 0 aromatic heterocycles. The van der Waals surface area contributed by atoms with Crippen LogP contribution in [0.15, 0.2) is 42.5 Å². The average molecular weight is 394 g/mol. The smallest absolute Gasteiger partial charge is 0.282 e. The van der Waals surface area contributed by atoms with Crippen molar-refractivity contribution in [1.29, 1.82) is 5.26 Å². The topological polar surface area (TPSA) is 80.2 Å². The molecule has 0 aliphatic carbocycles. The predicted octanol–water partition coefficient (Wildman–Crippen LogP) is -0.402. The number of amides is 1. The van der Waals surface area contributed by atoms with Crippen LogP contribution in [-0.4, -0.2) is 44.9 Å². The van der Waals surface area contributed by atoms with Gasteiger partial charge in [0.2, 0.25) is 6.79 Å². The van der Waals surface area contributed by atoms with Gasteiger partial charge in [-0.25, -0.2) is 0 Å². The Morgan fingerprint density at radius 2 is 1.83 bits per heavy atom. The molecule has 29 heavy (non-hydrogen) atoms. The van der Waals surface area contributed by atoms with Crippen molar-refractivity contribution >= 4 is 11.6 Å². The molecule has 2 aromatic carbocycles. The molecule has 7 nitrogen and oxygen atoms in total. The molecule has 2 heterocycles. The molecule has 0 radical (unpaired) electrons. The number of nitriles is 1. The standard InChI is InChI=1S/C22H24N4O3/c1-16(22(27)24-19-5-2-17(13-23)3-6-19)26-10-8-25(9-11-26)14-18-4-7-20-21(12-18)29-15-28-20/h2-7,12,16H,8-11,14-15H2,1H3,(H,24,27)/p+2/t16-/m1/s1. The van der Waals surface area contributed by atoms with Crippen molar-refractivity contribution < 1.29 is 24.1 Å². The van der Waals surface area contributed by atoms with Gasteiger partial charge in [0.15, 0.2) is 17.5 Å². The van der Waals surface area contributed by atoms with Crippen molar-refractivity contribution in [2.45, 2.75) is 19.5 Å². The zero-order chi connectivity index (χ0) is 20.2. The molecular weight excluding hydrogens is 368 g/mol. The highest BCUT2D eigenvalue weighted by Crippen LogP contribution is 2.32. The van der Waals surface area contributed by atoms with Crippen molar-refractivity contribution in [1.82, 2.24) is 0 Å². The van der Waals surface area contributed by atoms with Gasteiger partial charge in [0, 0.05) is 11.3 Å². The van der Waals surface area contributed by atoms with E-state index in [-0.39, 0.29) is 11.9 Å². The molecule has 0 saturated carbocycles. The zero-order valence-electron chi connectivity index (χ0n) is 16.5. The van der Waals surface area contributed by atoms with Gasteiger partial charge in [-0.15, -0.1) is 0 Å². The van der Waals surface area contributed by atoms with Gasteiger partial charge < -0.3 is 24.6 Å². The first-order chi connectivity index (χ1) is 14.1. The van der Waals surface area contributed by atoms with E-state index in [1.165, 1.54) is 15.4 Å². The van der Waals surface area contributed by atoms with Crippen LogP contribution in [-0.2, 0) is 11.3 Å². The normalized spacial score (nSPS) is 21.2. The minimum absolute atomic E-state index is 0.0175. The Morgan fingerprint density at radius 3 is 2.55 bits per heavy atom. The third-order valence-electron chi connectivity index (χ3n) is 5.78. The van der Waals surface area contributed by atoms with Crippen molar-refractivity contribution in [3.8, 4) is 17.6 Å². The number of rotatable bonds is 5. The first-order valence-corrected chi connectivity index (χ1v) is 10.00. The number of ether oxygens (including phenoxy) is 2. The van der Waals surface area contributed by atoms with Crippen LogP contribution in [0.2, 0.25) is 0 Å². The number of benzene rings is 2. The number of carbonyl (C=O) groups excluding carboxylic acids is 1. The molecule has 4 rings (SSSR count). The summed E-state index contributed by atoms with van der Waals surface area (Å²) in [4.78, 5) is 15.4. The first kappa shape index (κ1) is 19.2. The Balaban J connectivity index is 1.27. The van der Waals surface area contributed by atoms with Gasteiger partial charge in [-0.3, -0.25) is 4.79 Å². The fraction of sp³-hybridized carbons (Fsp3) is 0.364. The molecule has 1 saturated heterocycles. The summed E-state index contributed by atoms with van der Waals surface area (Å²) in [5.41, 5.74) is 2.56. The van der Waals surface area contributed by atoms with Crippen LogP contribution < -0.4 is 24.6 Å². The fourth-order valence-corrected chi connectivity index (χ4v) is 3.94. The summed E-state index contributed by atoms with van der Waals surface area (Å²) in [6, 6.07) is 15.1. The highest BCUT2D eigenvalue weighted by molar-refractivity contribution is 5.93. The van der Waals surface area contributed by atoms with E-state index in [1.807, 2.05) is 13.0 Å². The van der Waals surface area contributed by atoms with Crippen molar-refractivity contribution in [2.75, 3.05) is 38.3 Å². The molecule has 1 fully saturated rings. The fourth-order valence-electron chi connectivity index (χ4n) is 3.94. The molecule has 150 valence electrons. The van der Waals surface area contributed by atoms with Crippen LogP contribution in [0.3, 0.4) is 0 Å². The Kier molecular flexibility index (Phi) is 5.65. The van der Waals surface area contributed by atoms with Gasteiger partial charge in [0.05, 0.1) is 11.6 Å². The molecule has 0 unspecified atom stereocenters. The minimum atomic E-state index is -0.113. The summed E-state index contributed by atoms with van der Waals surface area (Å²) in [5.74, 6) is 1.67. The van der Waals surface area contributed by atoms with Crippen LogP contribution in [0, 0.1) is 11.3 Å². The maximum Gasteiger partial charge on any atom is 0.282 e. The van der Waals surface area contributed by atoms with E-state index in [1.54, 1.807) is 24.3 Å². The summed E-state index contributed by atoms with van der Waals surface area (Å²) in [6.07, 6.45) is 0. The summed E-state index contributed by atoms with van der Waals surface area (Å²) >= 11 is 0. The molecule has 0 bridgehead atoms. The molecular formula is C22H26N4O3+2. The van der Waals surface area contributed by atoms with Gasteiger partial charge in [-0.1, -0.05) is 0 Å². The van der Waals surface area contributed by atoms with E-state index in [0.717, 1.165) is 49.9 Å². The molecule has 1 atom stereocenters. The summed E-state index contributed by atoms with van der Waals surface area (Å²) in [6.45, 7) is 7.21. The number of nitrogens with one attached hydrogen (secondary N) is 3.